The third kappa shape index (κ3) is 2.17. The molecule has 1 fully saturated rings. The SMILES string of the molecule is Cc1cc(S(=O)(=O)N2CCCC2C(=O)O)sc1C. The first-order chi connectivity index (χ1) is 8.34. The van der Waals surface area contributed by atoms with Gasteiger partial charge in [0.1, 0.15) is 10.3 Å². The van der Waals surface area contributed by atoms with Crippen molar-refractivity contribution in [3.63, 3.8) is 0 Å². The Morgan fingerprint density at radius 3 is 2.67 bits per heavy atom. The Kier molecular flexibility index (Phi) is 3.48. The summed E-state index contributed by atoms with van der Waals surface area (Å²) >= 11 is 1.20. The highest BCUT2D eigenvalue weighted by molar-refractivity contribution is 7.91. The maximum atomic E-state index is 12.4. The number of hydrogen-bond acceptors (Lipinski definition) is 4. The first-order valence-electron chi connectivity index (χ1n) is 5.65. The van der Waals surface area contributed by atoms with E-state index in [1.165, 1.54) is 11.3 Å². The van der Waals surface area contributed by atoms with Crippen molar-refractivity contribution in [2.45, 2.75) is 36.9 Å². The minimum absolute atomic E-state index is 0.241. The van der Waals surface area contributed by atoms with Crippen molar-refractivity contribution in [3.8, 4) is 0 Å². The molecular weight excluding hydrogens is 274 g/mol. The minimum atomic E-state index is -3.66. The molecule has 1 aromatic heterocycles. The molecule has 1 unspecified atom stereocenters. The average molecular weight is 289 g/mol. The molecule has 100 valence electrons. The van der Waals surface area contributed by atoms with Crippen molar-refractivity contribution in [3.05, 3.63) is 16.5 Å². The van der Waals surface area contributed by atoms with E-state index in [2.05, 4.69) is 0 Å². The number of rotatable bonds is 3. The maximum Gasteiger partial charge on any atom is 0.322 e. The van der Waals surface area contributed by atoms with Crippen LogP contribution in [-0.4, -0.2) is 36.4 Å². The second-order valence-corrected chi connectivity index (χ2v) is 7.79. The monoisotopic (exact) mass is 289 g/mol. The number of aryl methyl sites for hydroxylation is 2. The third-order valence-electron chi connectivity index (χ3n) is 3.20. The molecule has 1 aliphatic heterocycles. The van der Waals surface area contributed by atoms with Crippen LogP contribution in [0, 0.1) is 13.8 Å². The van der Waals surface area contributed by atoms with Crippen molar-refractivity contribution in [2.24, 2.45) is 0 Å². The third-order valence-corrected chi connectivity index (χ3v) is 6.70. The number of hydrogen-bond donors (Lipinski definition) is 1. The fourth-order valence-electron chi connectivity index (χ4n) is 2.06. The molecule has 1 aliphatic rings. The summed E-state index contributed by atoms with van der Waals surface area (Å²) in [6, 6.07) is 0.699. The van der Waals surface area contributed by atoms with Gasteiger partial charge >= 0.3 is 5.97 Å². The molecule has 2 rings (SSSR count). The lowest BCUT2D eigenvalue weighted by Crippen LogP contribution is -2.40. The lowest BCUT2D eigenvalue weighted by atomic mass is 10.2. The fraction of sp³-hybridized carbons (Fsp3) is 0.545. The Bertz CT molecular complexity index is 556. The number of aliphatic carboxylic acids is 1. The topological polar surface area (TPSA) is 74.7 Å². The molecule has 0 amide bonds. The normalized spacial score (nSPS) is 21.3. The molecule has 5 nitrogen and oxygen atoms in total. The van der Waals surface area contributed by atoms with Crippen LogP contribution in [0.5, 0.6) is 0 Å². The van der Waals surface area contributed by atoms with Crippen LogP contribution < -0.4 is 0 Å². The van der Waals surface area contributed by atoms with Crippen LogP contribution in [0.2, 0.25) is 0 Å². The van der Waals surface area contributed by atoms with Gasteiger partial charge in [-0.1, -0.05) is 0 Å². The number of thiophene rings is 1. The Balaban J connectivity index is 2.39. The largest absolute Gasteiger partial charge is 0.480 e. The summed E-state index contributed by atoms with van der Waals surface area (Å²) in [5.74, 6) is -1.07. The van der Waals surface area contributed by atoms with E-state index in [9.17, 15) is 13.2 Å². The van der Waals surface area contributed by atoms with E-state index in [-0.39, 0.29) is 10.8 Å². The smallest absolute Gasteiger partial charge is 0.322 e. The quantitative estimate of drug-likeness (QED) is 0.917. The van der Waals surface area contributed by atoms with Gasteiger partial charge in [0.2, 0.25) is 0 Å². The Morgan fingerprint density at radius 2 is 2.17 bits per heavy atom. The highest BCUT2D eigenvalue weighted by Gasteiger charge is 2.40. The van der Waals surface area contributed by atoms with Gasteiger partial charge < -0.3 is 5.11 Å². The summed E-state index contributed by atoms with van der Waals surface area (Å²) in [5.41, 5.74) is 0.921. The molecule has 0 bridgehead atoms. The number of carboxylic acids is 1. The molecule has 0 aliphatic carbocycles. The van der Waals surface area contributed by atoms with Crippen LogP contribution in [0.15, 0.2) is 10.3 Å². The van der Waals surface area contributed by atoms with E-state index in [0.717, 1.165) is 14.7 Å². The van der Waals surface area contributed by atoms with Crippen LogP contribution in [0.3, 0.4) is 0 Å². The standard InChI is InChI=1S/C11H15NO4S2/c1-7-6-10(17-8(7)2)18(15,16)12-5-3-4-9(12)11(13)14/h6,9H,3-5H2,1-2H3,(H,13,14). The first kappa shape index (κ1) is 13.5. The van der Waals surface area contributed by atoms with Gasteiger partial charge in [0.05, 0.1) is 0 Å². The molecular formula is C11H15NO4S2. The molecule has 0 spiro atoms. The first-order valence-corrected chi connectivity index (χ1v) is 7.91. The predicted molar refractivity (Wildman–Crippen MR) is 68.3 cm³/mol. The van der Waals surface area contributed by atoms with Crippen molar-refractivity contribution < 1.29 is 18.3 Å². The maximum absolute atomic E-state index is 12.4. The summed E-state index contributed by atoms with van der Waals surface area (Å²) in [6.07, 6.45) is 0.984. The number of nitrogens with zero attached hydrogens (tertiary/aromatic N) is 1. The highest BCUT2D eigenvalue weighted by Crippen LogP contribution is 2.31. The van der Waals surface area contributed by atoms with Gasteiger partial charge in [-0.25, -0.2) is 8.42 Å². The summed E-state index contributed by atoms with van der Waals surface area (Å²) in [7, 11) is -3.66. The second-order valence-electron chi connectivity index (χ2n) is 4.42. The highest BCUT2D eigenvalue weighted by atomic mass is 32.2. The molecule has 1 N–H and O–H groups in total. The second kappa shape index (κ2) is 4.64. The fourth-order valence-corrected chi connectivity index (χ4v) is 5.35. The van der Waals surface area contributed by atoms with Crippen molar-refractivity contribution in [1.29, 1.82) is 0 Å². The number of sulfonamides is 1. The van der Waals surface area contributed by atoms with Crippen LogP contribution in [0.1, 0.15) is 23.3 Å². The van der Waals surface area contributed by atoms with Crippen LogP contribution >= 0.6 is 11.3 Å². The van der Waals surface area contributed by atoms with Gasteiger partial charge in [0.25, 0.3) is 10.0 Å². The molecule has 1 atom stereocenters. The summed E-state index contributed by atoms with van der Waals surface area (Å²) in [5, 5.41) is 9.05. The van der Waals surface area contributed by atoms with Crippen LogP contribution in [0.25, 0.3) is 0 Å². The molecule has 0 aromatic carbocycles. The van der Waals surface area contributed by atoms with E-state index >= 15 is 0 Å². The zero-order chi connectivity index (χ0) is 13.5. The van der Waals surface area contributed by atoms with Crippen molar-refractivity contribution in [2.75, 3.05) is 6.54 Å². The van der Waals surface area contributed by atoms with E-state index < -0.39 is 22.0 Å². The molecule has 7 heteroatoms. The predicted octanol–water partition coefficient (Wildman–Crippen LogP) is 1.60. The van der Waals surface area contributed by atoms with E-state index in [4.69, 9.17) is 5.11 Å². The number of carboxylic acid groups (broad SMARTS) is 1. The van der Waals surface area contributed by atoms with Gasteiger partial charge in [0, 0.05) is 11.4 Å². The summed E-state index contributed by atoms with van der Waals surface area (Å²) in [6.45, 7) is 4.00. The summed E-state index contributed by atoms with van der Waals surface area (Å²) < 4.78 is 26.1. The molecule has 1 aromatic rings. The van der Waals surface area contributed by atoms with Gasteiger partial charge in [-0.15, -0.1) is 11.3 Å². The van der Waals surface area contributed by atoms with E-state index in [1.54, 1.807) is 6.07 Å². The summed E-state index contributed by atoms with van der Waals surface area (Å²) in [4.78, 5) is 12.0. The lowest BCUT2D eigenvalue weighted by Gasteiger charge is -2.19. The molecule has 1 saturated heterocycles. The lowest BCUT2D eigenvalue weighted by molar-refractivity contribution is -0.140. The Hall–Kier alpha value is -0.920. The van der Waals surface area contributed by atoms with Crippen LogP contribution in [-0.2, 0) is 14.8 Å². The zero-order valence-corrected chi connectivity index (χ0v) is 11.8. The van der Waals surface area contributed by atoms with Crippen molar-refractivity contribution >= 4 is 27.3 Å². The average Bonchev–Trinajstić information content (AvgIpc) is 2.87. The van der Waals surface area contributed by atoms with Gasteiger partial charge in [-0.05, 0) is 38.3 Å². The zero-order valence-electron chi connectivity index (χ0n) is 10.2. The molecule has 2 heterocycles. The van der Waals surface area contributed by atoms with Gasteiger partial charge in [-0.2, -0.15) is 4.31 Å². The van der Waals surface area contributed by atoms with E-state index in [1.807, 2.05) is 13.8 Å². The molecule has 0 saturated carbocycles. The molecule has 18 heavy (non-hydrogen) atoms. The number of carbonyl (C=O) groups is 1. The van der Waals surface area contributed by atoms with E-state index in [0.29, 0.717) is 12.8 Å². The van der Waals surface area contributed by atoms with Crippen molar-refractivity contribution in [1.82, 2.24) is 4.31 Å². The van der Waals surface area contributed by atoms with Gasteiger partial charge in [0.15, 0.2) is 0 Å². The minimum Gasteiger partial charge on any atom is -0.480 e. The van der Waals surface area contributed by atoms with Gasteiger partial charge in [-0.3, -0.25) is 4.79 Å². The molecule has 0 radical (unpaired) electrons. The van der Waals surface area contributed by atoms with Crippen LogP contribution in [0.4, 0.5) is 0 Å². The Labute approximate surface area is 110 Å². The Morgan fingerprint density at radius 1 is 1.50 bits per heavy atom.